The molecule has 0 aromatic heterocycles. The Hall–Kier alpha value is -1.82. The maximum absolute atomic E-state index is 2.11. The largest absolute Gasteiger partial charge is 0.0877 e. The fourth-order valence-electron chi connectivity index (χ4n) is 1.24. The van der Waals surface area contributed by atoms with Gasteiger partial charge in [-0.05, 0) is 34.6 Å². The summed E-state index contributed by atoms with van der Waals surface area (Å²) in [5.74, 6) is 0. The standard InChI is InChI=1S/C19H26/c1-6-7-8-13-18(4)14-9-10-15-19(5)16-11-12-17(2)3/h6-16H,1-5H3/b7-6-,10-9+,13-8+,16-11+,18-14+,19-15+. The van der Waals surface area contributed by atoms with Crippen LogP contribution in [-0.4, -0.2) is 0 Å². The van der Waals surface area contributed by atoms with E-state index in [4.69, 9.17) is 0 Å². The molecule has 0 rings (SSSR count). The molecule has 0 aliphatic carbocycles. The Morgan fingerprint density at radius 2 is 1.11 bits per heavy atom. The molecule has 0 aliphatic rings. The van der Waals surface area contributed by atoms with Crippen molar-refractivity contribution in [3.05, 3.63) is 83.6 Å². The van der Waals surface area contributed by atoms with Gasteiger partial charge in [-0.2, -0.15) is 0 Å². The zero-order valence-electron chi connectivity index (χ0n) is 12.9. The smallest absolute Gasteiger partial charge is 0.0398 e. The molecule has 19 heavy (non-hydrogen) atoms. The summed E-state index contributed by atoms with van der Waals surface area (Å²) in [7, 11) is 0. The van der Waals surface area contributed by atoms with E-state index in [0.717, 1.165) is 0 Å². The van der Waals surface area contributed by atoms with E-state index in [9.17, 15) is 0 Å². The van der Waals surface area contributed by atoms with E-state index in [-0.39, 0.29) is 0 Å². The highest BCUT2D eigenvalue weighted by atomic mass is 13.9. The molecule has 102 valence electrons. The molecule has 0 aromatic carbocycles. The average molecular weight is 254 g/mol. The molecule has 0 radical (unpaired) electrons. The Morgan fingerprint density at radius 3 is 1.58 bits per heavy atom. The van der Waals surface area contributed by atoms with Crippen LogP contribution in [0, 0.1) is 0 Å². The number of rotatable bonds is 6. The molecule has 0 N–H and O–H groups in total. The van der Waals surface area contributed by atoms with Crippen molar-refractivity contribution in [1.29, 1.82) is 0 Å². The quantitative estimate of drug-likeness (QED) is 0.503. The van der Waals surface area contributed by atoms with Crippen molar-refractivity contribution in [2.75, 3.05) is 0 Å². The van der Waals surface area contributed by atoms with Crippen LogP contribution in [0.4, 0.5) is 0 Å². The van der Waals surface area contributed by atoms with Crippen molar-refractivity contribution in [2.24, 2.45) is 0 Å². The lowest BCUT2D eigenvalue weighted by atomic mass is 10.2. The average Bonchev–Trinajstić information content (AvgIpc) is 2.34. The van der Waals surface area contributed by atoms with E-state index < -0.39 is 0 Å². The summed E-state index contributed by atoms with van der Waals surface area (Å²) < 4.78 is 0. The lowest BCUT2D eigenvalue weighted by Crippen LogP contribution is -1.67. The normalized spacial score (nSPS) is 14.4. The first-order valence-electron chi connectivity index (χ1n) is 6.69. The molecule has 0 bridgehead atoms. The van der Waals surface area contributed by atoms with Crippen LogP contribution < -0.4 is 0 Å². The summed E-state index contributed by atoms with van der Waals surface area (Å²) >= 11 is 0. The van der Waals surface area contributed by atoms with Crippen LogP contribution in [-0.2, 0) is 0 Å². The monoisotopic (exact) mass is 254 g/mol. The minimum atomic E-state index is 1.24. The number of allylic oxidation sites excluding steroid dienone is 14. The Morgan fingerprint density at radius 1 is 0.579 bits per heavy atom. The number of hydrogen-bond donors (Lipinski definition) is 0. The second-order valence-corrected chi connectivity index (χ2v) is 4.69. The summed E-state index contributed by atoms with van der Waals surface area (Å²) in [5, 5.41) is 0. The fourth-order valence-corrected chi connectivity index (χ4v) is 1.24. The molecule has 0 aromatic rings. The second-order valence-electron chi connectivity index (χ2n) is 4.69. The second kappa shape index (κ2) is 11.3. The van der Waals surface area contributed by atoms with Crippen LogP contribution in [0.1, 0.15) is 34.6 Å². The lowest BCUT2D eigenvalue weighted by molar-refractivity contribution is 1.39. The Balaban J connectivity index is 4.38. The summed E-state index contributed by atoms with van der Waals surface area (Å²) in [6, 6.07) is 0. The van der Waals surface area contributed by atoms with E-state index in [1.54, 1.807) is 0 Å². The summed E-state index contributed by atoms with van der Waals surface area (Å²) in [4.78, 5) is 0. The fraction of sp³-hybridized carbons (Fsp3) is 0.263. The van der Waals surface area contributed by atoms with Gasteiger partial charge in [-0.25, -0.2) is 0 Å². The third-order valence-electron chi connectivity index (χ3n) is 2.28. The SMILES string of the molecule is C\C=C/C=C/C(C)=C/C=C/C=C(C)/C=C/C=C(C)C. The van der Waals surface area contributed by atoms with Gasteiger partial charge in [0.1, 0.15) is 0 Å². The van der Waals surface area contributed by atoms with E-state index in [1.165, 1.54) is 16.7 Å². The van der Waals surface area contributed by atoms with Crippen LogP contribution in [0.25, 0.3) is 0 Å². The van der Waals surface area contributed by atoms with Crippen molar-refractivity contribution in [1.82, 2.24) is 0 Å². The van der Waals surface area contributed by atoms with Crippen LogP contribution in [0.2, 0.25) is 0 Å². The predicted octanol–water partition coefficient (Wildman–Crippen LogP) is 6.09. The van der Waals surface area contributed by atoms with Gasteiger partial charge in [0.25, 0.3) is 0 Å². The van der Waals surface area contributed by atoms with E-state index in [2.05, 4.69) is 76.3 Å². The van der Waals surface area contributed by atoms with Gasteiger partial charge in [-0.3, -0.25) is 0 Å². The van der Waals surface area contributed by atoms with E-state index in [1.807, 2.05) is 25.2 Å². The summed E-state index contributed by atoms with van der Waals surface area (Å²) in [5.41, 5.74) is 3.79. The molecule has 0 nitrogen and oxygen atoms in total. The maximum atomic E-state index is 2.11. The minimum Gasteiger partial charge on any atom is -0.0877 e. The minimum absolute atomic E-state index is 1.24. The molecular formula is C19H26. The van der Waals surface area contributed by atoms with Crippen molar-refractivity contribution >= 4 is 0 Å². The molecule has 0 fully saturated rings. The molecule has 0 amide bonds. The van der Waals surface area contributed by atoms with Gasteiger partial charge in [0.05, 0.1) is 0 Å². The van der Waals surface area contributed by atoms with E-state index >= 15 is 0 Å². The molecular weight excluding hydrogens is 228 g/mol. The molecule has 0 saturated carbocycles. The first kappa shape index (κ1) is 17.2. The highest BCUT2D eigenvalue weighted by molar-refractivity contribution is 5.29. The Bertz CT molecular complexity index is 442. The van der Waals surface area contributed by atoms with Crippen LogP contribution >= 0.6 is 0 Å². The van der Waals surface area contributed by atoms with Gasteiger partial charge in [0, 0.05) is 0 Å². The van der Waals surface area contributed by atoms with Crippen molar-refractivity contribution in [3.63, 3.8) is 0 Å². The maximum Gasteiger partial charge on any atom is -0.0398 e. The highest BCUT2D eigenvalue weighted by Gasteiger charge is 1.78. The van der Waals surface area contributed by atoms with Crippen LogP contribution in [0.3, 0.4) is 0 Å². The third kappa shape index (κ3) is 12.4. The summed E-state index contributed by atoms with van der Waals surface area (Å²) in [6.07, 6.45) is 22.8. The molecule has 0 aliphatic heterocycles. The van der Waals surface area contributed by atoms with Gasteiger partial charge in [0.15, 0.2) is 0 Å². The van der Waals surface area contributed by atoms with Crippen molar-refractivity contribution < 1.29 is 0 Å². The Labute approximate surface area is 118 Å². The number of hydrogen-bond acceptors (Lipinski definition) is 0. The summed E-state index contributed by atoms with van der Waals surface area (Å²) in [6.45, 7) is 10.4. The Kier molecular flexibility index (Phi) is 10.2. The molecule has 0 atom stereocenters. The highest BCUT2D eigenvalue weighted by Crippen LogP contribution is 1.99. The van der Waals surface area contributed by atoms with Crippen LogP contribution in [0.15, 0.2) is 83.6 Å². The first-order valence-corrected chi connectivity index (χ1v) is 6.69. The van der Waals surface area contributed by atoms with E-state index in [0.29, 0.717) is 0 Å². The van der Waals surface area contributed by atoms with Crippen molar-refractivity contribution in [3.8, 4) is 0 Å². The molecule has 0 spiro atoms. The zero-order valence-corrected chi connectivity index (χ0v) is 12.9. The third-order valence-corrected chi connectivity index (χ3v) is 2.28. The van der Waals surface area contributed by atoms with Gasteiger partial charge in [-0.1, -0.05) is 83.6 Å². The lowest BCUT2D eigenvalue weighted by Gasteiger charge is -1.88. The van der Waals surface area contributed by atoms with Crippen LogP contribution in [0.5, 0.6) is 0 Å². The molecule has 0 heterocycles. The van der Waals surface area contributed by atoms with Gasteiger partial charge >= 0.3 is 0 Å². The molecule has 0 saturated heterocycles. The molecule has 0 heteroatoms. The first-order chi connectivity index (χ1) is 9.06. The predicted molar refractivity (Wildman–Crippen MR) is 89.2 cm³/mol. The molecule has 0 unspecified atom stereocenters. The zero-order chi connectivity index (χ0) is 14.5. The van der Waals surface area contributed by atoms with Gasteiger partial charge < -0.3 is 0 Å². The topological polar surface area (TPSA) is 0 Å². The van der Waals surface area contributed by atoms with Gasteiger partial charge in [-0.15, -0.1) is 0 Å². The van der Waals surface area contributed by atoms with Crippen molar-refractivity contribution in [2.45, 2.75) is 34.6 Å². The van der Waals surface area contributed by atoms with Gasteiger partial charge in [0.2, 0.25) is 0 Å².